The van der Waals surface area contributed by atoms with Gasteiger partial charge in [-0.3, -0.25) is 0 Å². The average molecular weight is 470 g/mol. The van der Waals surface area contributed by atoms with E-state index in [2.05, 4.69) is 52.5 Å². The predicted molar refractivity (Wildman–Crippen MR) is 141 cm³/mol. The predicted octanol–water partition coefficient (Wildman–Crippen LogP) is 6.52. The van der Waals surface area contributed by atoms with Gasteiger partial charge in [-0.05, 0) is 60.9 Å². The Morgan fingerprint density at radius 1 is 0.743 bits per heavy atom. The van der Waals surface area contributed by atoms with E-state index in [1.807, 2.05) is 36.4 Å². The fourth-order valence-electron chi connectivity index (χ4n) is 3.42. The fourth-order valence-corrected chi connectivity index (χ4v) is 3.42. The Morgan fingerprint density at radius 2 is 1.51 bits per heavy atom. The van der Waals surface area contributed by atoms with Gasteiger partial charge in [-0.25, -0.2) is 9.97 Å². The number of hydrogen-bond donors (Lipinski definition) is 1. The summed E-state index contributed by atoms with van der Waals surface area (Å²) in [5, 5.41) is 0. The van der Waals surface area contributed by atoms with Crippen LogP contribution in [0.25, 0.3) is 0 Å². The van der Waals surface area contributed by atoms with Crippen LogP contribution >= 0.6 is 0 Å². The number of H-pyrrole nitrogens is 1. The Hall–Kier alpha value is -3.70. The SMILES string of the molecule is CCCCCCOc1ccc(C#Cc2nc[nH]c2C#Cc2ccccn2)cc1OCCCCCC. The first-order chi connectivity index (χ1) is 17.3. The Kier molecular flexibility index (Phi) is 11.3. The summed E-state index contributed by atoms with van der Waals surface area (Å²) in [4.78, 5) is 11.6. The van der Waals surface area contributed by atoms with Crippen LogP contribution in [0.1, 0.15) is 87.9 Å². The van der Waals surface area contributed by atoms with Gasteiger partial charge in [0.15, 0.2) is 11.5 Å². The third-order valence-corrected chi connectivity index (χ3v) is 5.40. The number of pyridine rings is 1. The van der Waals surface area contributed by atoms with Crippen molar-refractivity contribution in [2.45, 2.75) is 65.2 Å². The standard InChI is InChI=1S/C30H35N3O2/c1-3-5-7-11-21-34-29-19-15-25(23-30(29)35-22-12-8-6-4-2)14-17-27-28(33-24-32-27)18-16-26-13-9-10-20-31-26/h9-10,13,15,19-20,23-24H,3-8,11-12,21-22H2,1-2H3,(H,32,33). The summed E-state index contributed by atoms with van der Waals surface area (Å²) in [7, 11) is 0. The Balaban J connectivity index is 1.71. The Bertz CT molecular complexity index is 1150. The summed E-state index contributed by atoms with van der Waals surface area (Å²) in [5.74, 6) is 14.0. The molecule has 5 heteroatoms. The lowest BCUT2D eigenvalue weighted by Crippen LogP contribution is -2.03. The molecular weight excluding hydrogens is 434 g/mol. The molecule has 0 aliphatic rings. The van der Waals surface area contributed by atoms with Crippen LogP contribution in [0.2, 0.25) is 0 Å². The number of nitrogens with one attached hydrogen (secondary N) is 1. The van der Waals surface area contributed by atoms with E-state index < -0.39 is 0 Å². The van der Waals surface area contributed by atoms with Crippen molar-refractivity contribution in [2.75, 3.05) is 13.2 Å². The van der Waals surface area contributed by atoms with E-state index in [1.165, 1.54) is 38.5 Å². The first kappa shape index (κ1) is 25.9. The molecule has 0 atom stereocenters. The van der Waals surface area contributed by atoms with E-state index in [0.717, 1.165) is 29.9 Å². The van der Waals surface area contributed by atoms with Crippen molar-refractivity contribution < 1.29 is 9.47 Å². The van der Waals surface area contributed by atoms with Gasteiger partial charge in [0.2, 0.25) is 0 Å². The van der Waals surface area contributed by atoms with Crippen molar-refractivity contribution in [3.63, 3.8) is 0 Å². The van der Waals surface area contributed by atoms with Gasteiger partial charge in [-0.2, -0.15) is 0 Å². The zero-order valence-electron chi connectivity index (χ0n) is 20.9. The molecule has 182 valence electrons. The summed E-state index contributed by atoms with van der Waals surface area (Å²) >= 11 is 0. The number of rotatable bonds is 12. The zero-order valence-corrected chi connectivity index (χ0v) is 20.9. The molecule has 0 fully saturated rings. The molecule has 0 unspecified atom stereocenters. The monoisotopic (exact) mass is 469 g/mol. The van der Waals surface area contributed by atoms with Crippen molar-refractivity contribution in [1.82, 2.24) is 15.0 Å². The minimum Gasteiger partial charge on any atom is -0.490 e. The number of hydrogen-bond acceptors (Lipinski definition) is 4. The van der Waals surface area contributed by atoms with Crippen LogP contribution in [0, 0.1) is 23.7 Å². The van der Waals surface area contributed by atoms with Gasteiger partial charge in [0, 0.05) is 11.8 Å². The summed E-state index contributed by atoms with van der Waals surface area (Å²) in [6, 6.07) is 11.5. The van der Waals surface area contributed by atoms with E-state index >= 15 is 0 Å². The number of nitrogens with zero attached hydrogens (tertiary/aromatic N) is 2. The molecule has 3 rings (SSSR count). The second-order valence-corrected chi connectivity index (χ2v) is 8.32. The molecule has 0 radical (unpaired) electrons. The molecule has 2 heterocycles. The maximum absolute atomic E-state index is 6.11. The molecule has 1 N–H and O–H groups in total. The van der Waals surface area contributed by atoms with E-state index in [1.54, 1.807) is 12.5 Å². The molecule has 5 nitrogen and oxygen atoms in total. The van der Waals surface area contributed by atoms with Gasteiger partial charge in [0.25, 0.3) is 0 Å². The quantitative estimate of drug-likeness (QED) is 0.242. The highest BCUT2D eigenvalue weighted by Crippen LogP contribution is 2.29. The molecule has 0 amide bonds. The molecule has 0 spiro atoms. The summed E-state index contributed by atoms with van der Waals surface area (Å²) < 4.78 is 12.2. The van der Waals surface area contributed by atoms with Gasteiger partial charge >= 0.3 is 0 Å². The van der Waals surface area contributed by atoms with Crippen molar-refractivity contribution in [3.05, 3.63) is 71.6 Å². The molecule has 0 saturated heterocycles. The highest BCUT2D eigenvalue weighted by molar-refractivity contribution is 5.52. The molecule has 0 aliphatic carbocycles. The van der Waals surface area contributed by atoms with Gasteiger partial charge in [-0.15, -0.1) is 0 Å². The highest BCUT2D eigenvalue weighted by Gasteiger charge is 2.07. The number of imidazole rings is 1. The Labute approximate surface area is 209 Å². The molecule has 1 aromatic carbocycles. The maximum Gasteiger partial charge on any atom is 0.162 e. The van der Waals surface area contributed by atoms with Crippen LogP contribution in [-0.2, 0) is 0 Å². The van der Waals surface area contributed by atoms with Crippen LogP contribution in [0.15, 0.2) is 48.9 Å². The van der Waals surface area contributed by atoms with Gasteiger partial charge < -0.3 is 14.5 Å². The minimum atomic E-state index is 0.603. The fraction of sp³-hybridized carbons (Fsp3) is 0.400. The lowest BCUT2D eigenvalue weighted by molar-refractivity contribution is 0.259. The molecule has 2 aromatic heterocycles. The number of aromatic nitrogens is 3. The topological polar surface area (TPSA) is 60.0 Å². The second kappa shape index (κ2) is 15.3. The molecule has 0 saturated carbocycles. The lowest BCUT2D eigenvalue weighted by atomic mass is 10.2. The lowest BCUT2D eigenvalue weighted by Gasteiger charge is -2.13. The maximum atomic E-state index is 6.11. The largest absolute Gasteiger partial charge is 0.490 e. The summed E-state index contributed by atoms with van der Waals surface area (Å²) in [5.41, 5.74) is 2.82. The molecular formula is C30H35N3O2. The van der Waals surface area contributed by atoms with Crippen molar-refractivity contribution in [2.24, 2.45) is 0 Å². The number of unbranched alkanes of at least 4 members (excludes halogenated alkanes) is 6. The third-order valence-electron chi connectivity index (χ3n) is 5.40. The first-order valence-corrected chi connectivity index (χ1v) is 12.7. The van der Waals surface area contributed by atoms with E-state index in [9.17, 15) is 0 Å². The van der Waals surface area contributed by atoms with E-state index in [4.69, 9.17) is 9.47 Å². The van der Waals surface area contributed by atoms with Gasteiger partial charge in [0.1, 0.15) is 17.1 Å². The Morgan fingerprint density at radius 3 is 2.23 bits per heavy atom. The van der Waals surface area contributed by atoms with Crippen molar-refractivity contribution in [1.29, 1.82) is 0 Å². The van der Waals surface area contributed by atoms with E-state index in [-0.39, 0.29) is 0 Å². The normalized spacial score (nSPS) is 10.1. The summed E-state index contributed by atoms with van der Waals surface area (Å²) in [6.07, 6.45) is 12.6. The van der Waals surface area contributed by atoms with Crippen LogP contribution in [-0.4, -0.2) is 28.2 Å². The van der Waals surface area contributed by atoms with E-state index in [0.29, 0.717) is 30.3 Å². The van der Waals surface area contributed by atoms with Crippen LogP contribution in [0.5, 0.6) is 11.5 Å². The molecule has 0 aliphatic heterocycles. The summed E-state index contributed by atoms with van der Waals surface area (Å²) in [6.45, 7) is 5.80. The third kappa shape index (κ3) is 9.22. The molecule has 3 aromatic rings. The zero-order chi connectivity index (χ0) is 24.6. The minimum absolute atomic E-state index is 0.603. The van der Waals surface area contributed by atoms with Crippen molar-refractivity contribution >= 4 is 0 Å². The average Bonchev–Trinajstić information content (AvgIpc) is 3.35. The van der Waals surface area contributed by atoms with Gasteiger partial charge in [0.05, 0.1) is 19.5 Å². The van der Waals surface area contributed by atoms with Gasteiger partial charge in [-0.1, -0.05) is 64.4 Å². The first-order valence-electron chi connectivity index (χ1n) is 12.7. The number of aromatic amines is 1. The van der Waals surface area contributed by atoms with Crippen LogP contribution < -0.4 is 9.47 Å². The number of benzene rings is 1. The van der Waals surface area contributed by atoms with Crippen LogP contribution in [0.3, 0.4) is 0 Å². The smallest absolute Gasteiger partial charge is 0.162 e. The molecule has 35 heavy (non-hydrogen) atoms. The number of ether oxygens (including phenoxy) is 2. The highest BCUT2D eigenvalue weighted by atomic mass is 16.5. The van der Waals surface area contributed by atoms with Crippen LogP contribution in [0.4, 0.5) is 0 Å². The second-order valence-electron chi connectivity index (χ2n) is 8.32. The van der Waals surface area contributed by atoms with Crippen molar-refractivity contribution in [3.8, 4) is 35.2 Å². The molecule has 0 bridgehead atoms.